The van der Waals surface area contributed by atoms with Gasteiger partial charge in [-0.25, -0.2) is 0 Å². The molecule has 0 heterocycles. The van der Waals surface area contributed by atoms with Crippen molar-refractivity contribution in [1.82, 2.24) is 5.32 Å². The zero-order valence-electron chi connectivity index (χ0n) is 15.1. The Morgan fingerprint density at radius 1 is 1.00 bits per heavy atom. The topological polar surface area (TPSA) is 76.7 Å². The maximum Gasteiger partial charge on any atom is 0.255 e. The molecule has 0 aliphatic carbocycles. The molecule has 0 bridgehead atoms. The molecule has 0 aliphatic rings. The monoisotopic (exact) mass is 356 g/mol. The van der Waals surface area contributed by atoms with E-state index in [-0.39, 0.29) is 11.8 Å². The second-order valence-corrected chi connectivity index (χ2v) is 5.54. The zero-order chi connectivity index (χ0) is 18.8. The standard InChI is InChI=1S/C20H24N2O4/c1-3-26-17-11-6-4-9-15(17)20(24)21-14-8-13-19(23)22-16-10-5-7-12-18(16)25-2/h4-7,9-12H,3,8,13-14H2,1-2H3,(H,21,24)(H,22,23). The van der Waals surface area contributed by atoms with Crippen LogP contribution < -0.4 is 20.1 Å². The molecule has 0 saturated heterocycles. The highest BCUT2D eigenvalue weighted by atomic mass is 16.5. The summed E-state index contributed by atoms with van der Waals surface area (Å²) in [6.45, 7) is 2.76. The normalized spacial score (nSPS) is 10.1. The van der Waals surface area contributed by atoms with Crippen molar-refractivity contribution < 1.29 is 19.1 Å². The van der Waals surface area contributed by atoms with Crippen LogP contribution in [0.15, 0.2) is 48.5 Å². The van der Waals surface area contributed by atoms with Crippen LogP contribution in [0.4, 0.5) is 5.69 Å². The maximum atomic E-state index is 12.3. The van der Waals surface area contributed by atoms with Gasteiger partial charge < -0.3 is 20.1 Å². The lowest BCUT2D eigenvalue weighted by Crippen LogP contribution is -2.26. The van der Waals surface area contributed by atoms with Crippen LogP contribution in [0.2, 0.25) is 0 Å². The van der Waals surface area contributed by atoms with Crippen LogP contribution in [-0.2, 0) is 4.79 Å². The van der Waals surface area contributed by atoms with Crippen molar-refractivity contribution in [3.05, 3.63) is 54.1 Å². The molecule has 6 heteroatoms. The predicted molar refractivity (Wildman–Crippen MR) is 101 cm³/mol. The summed E-state index contributed by atoms with van der Waals surface area (Å²) in [4.78, 5) is 24.3. The fourth-order valence-corrected chi connectivity index (χ4v) is 2.44. The van der Waals surface area contributed by atoms with Crippen molar-refractivity contribution in [2.45, 2.75) is 19.8 Å². The van der Waals surface area contributed by atoms with Crippen molar-refractivity contribution in [2.24, 2.45) is 0 Å². The third-order valence-electron chi connectivity index (χ3n) is 3.68. The van der Waals surface area contributed by atoms with Crippen LogP contribution in [-0.4, -0.2) is 32.1 Å². The van der Waals surface area contributed by atoms with Gasteiger partial charge in [0, 0.05) is 13.0 Å². The molecule has 0 aliphatic heterocycles. The molecular weight excluding hydrogens is 332 g/mol. The van der Waals surface area contributed by atoms with E-state index in [0.717, 1.165) is 0 Å². The number of carbonyl (C=O) groups excluding carboxylic acids is 2. The van der Waals surface area contributed by atoms with E-state index in [1.54, 1.807) is 37.4 Å². The third-order valence-corrected chi connectivity index (χ3v) is 3.68. The Kier molecular flexibility index (Phi) is 7.49. The zero-order valence-corrected chi connectivity index (χ0v) is 15.1. The first kappa shape index (κ1) is 19.3. The Morgan fingerprint density at radius 3 is 2.42 bits per heavy atom. The van der Waals surface area contributed by atoms with Gasteiger partial charge in [-0.3, -0.25) is 9.59 Å². The smallest absolute Gasteiger partial charge is 0.255 e. The summed E-state index contributed by atoms with van der Waals surface area (Å²) >= 11 is 0. The molecule has 2 N–H and O–H groups in total. The number of rotatable bonds is 9. The summed E-state index contributed by atoms with van der Waals surface area (Å²) in [7, 11) is 1.56. The molecule has 0 spiro atoms. The summed E-state index contributed by atoms with van der Waals surface area (Å²) < 4.78 is 10.7. The third kappa shape index (κ3) is 5.51. The van der Waals surface area contributed by atoms with Gasteiger partial charge in [0.2, 0.25) is 5.91 Å². The molecule has 2 amide bonds. The van der Waals surface area contributed by atoms with Crippen molar-refractivity contribution >= 4 is 17.5 Å². The molecule has 0 atom stereocenters. The number of ether oxygens (including phenoxy) is 2. The maximum absolute atomic E-state index is 12.3. The minimum atomic E-state index is -0.209. The van der Waals surface area contributed by atoms with Gasteiger partial charge in [0.1, 0.15) is 11.5 Å². The van der Waals surface area contributed by atoms with Gasteiger partial charge in [0.15, 0.2) is 0 Å². The van der Waals surface area contributed by atoms with E-state index in [0.29, 0.717) is 48.7 Å². The highest BCUT2D eigenvalue weighted by Gasteiger charge is 2.12. The Labute approximate surface area is 153 Å². The number of anilines is 1. The minimum absolute atomic E-state index is 0.126. The fourth-order valence-electron chi connectivity index (χ4n) is 2.44. The van der Waals surface area contributed by atoms with Gasteiger partial charge in [-0.1, -0.05) is 24.3 Å². The van der Waals surface area contributed by atoms with E-state index in [2.05, 4.69) is 10.6 Å². The first-order chi connectivity index (χ1) is 12.7. The number of amides is 2. The second-order valence-electron chi connectivity index (χ2n) is 5.54. The lowest BCUT2D eigenvalue weighted by molar-refractivity contribution is -0.116. The van der Waals surface area contributed by atoms with Crippen LogP contribution in [0.5, 0.6) is 11.5 Å². The van der Waals surface area contributed by atoms with Crippen LogP contribution in [0.3, 0.4) is 0 Å². The number of hydrogen-bond acceptors (Lipinski definition) is 4. The van der Waals surface area contributed by atoms with Gasteiger partial charge >= 0.3 is 0 Å². The molecule has 26 heavy (non-hydrogen) atoms. The van der Waals surface area contributed by atoms with Gasteiger partial charge in [0.25, 0.3) is 5.91 Å². The number of methoxy groups -OCH3 is 1. The van der Waals surface area contributed by atoms with E-state index in [1.165, 1.54) is 0 Å². The van der Waals surface area contributed by atoms with Gasteiger partial charge in [0.05, 0.1) is 25.0 Å². The Bertz CT molecular complexity index is 746. The lowest BCUT2D eigenvalue weighted by Gasteiger charge is -2.11. The van der Waals surface area contributed by atoms with Crippen LogP contribution in [0.25, 0.3) is 0 Å². The molecule has 6 nitrogen and oxygen atoms in total. The summed E-state index contributed by atoms with van der Waals surface area (Å²) in [5.41, 5.74) is 1.13. The Hall–Kier alpha value is -3.02. The highest BCUT2D eigenvalue weighted by Crippen LogP contribution is 2.23. The summed E-state index contributed by atoms with van der Waals surface area (Å²) in [5.74, 6) is 0.834. The van der Waals surface area contributed by atoms with Gasteiger partial charge in [-0.05, 0) is 37.6 Å². The van der Waals surface area contributed by atoms with Crippen molar-refractivity contribution in [2.75, 3.05) is 25.6 Å². The van der Waals surface area contributed by atoms with E-state index in [4.69, 9.17) is 9.47 Å². The van der Waals surface area contributed by atoms with Crippen molar-refractivity contribution in [3.8, 4) is 11.5 Å². The van der Waals surface area contributed by atoms with E-state index >= 15 is 0 Å². The lowest BCUT2D eigenvalue weighted by atomic mass is 10.2. The van der Waals surface area contributed by atoms with Crippen molar-refractivity contribution in [3.63, 3.8) is 0 Å². The first-order valence-corrected chi connectivity index (χ1v) is 8.58. The number of nitrogens with one attached hydrogen (secondary N) is 2. The average Bonchev–Trinajstić information content (AvgIpc) is 2.66. The molecule has 0 unspecified atom stereocenters. The van der Waals surface area contributed by atoms with Gasteiger partial charge in [-0.2, -0.15) is 0 Å². The molecule has 2 aromatic carbocycles. The van der Waals surface area contributed by atoms with Crippen LogP contribution >= 0.6 is 0 Å². The largest absolute Gasteiger partial charge is 0.495 e. The van der Waals surface area contributed by atoms with E-state index in [9.17, 15) is 9.59 Å². The SMILES string of the molecule is CCOc1ccccc1C(=O)NCCCC(=O)Nc1ccccc1OC. The van der Waals surface area contributed by atoms with Crippen LogP contribution in [0, 0.1) is 0 Å². The molecule has 0 fully saturated rings. The molecule has 0 saturated carbocycles. The quantitative estimate of drug-likeness (QED) is 0.676. The highest BCUT2D eigenvalue weighted by molar-refractivity contribution is 5.97. The number of hydrogen-bond donors (Lipinski definition) is 2. The molecule has 138 valence electrons. The van der Waals surface area contributed by atoms with Crippen molar-refractivity contribution in [1.29, 1.82) is 0 Å². The Balaban J connectivity index is 1.78. The Morgan fingerprint density at radius 2 is 1.69 bits per heavy atom. The molecule has 2 rings (SSSR count). The van der Waals surface area contributed by atoms with E-state index < -0.39 is 0 Å². The first-order valence-electron chi connectivity index (χ1n) is 8.58. The summed E-state index contributed by atoms with van der Waals surface area (Å²) in [6, 6.07) is 14.3. The minimum Gasteiger partial charge on any atom is -0.495 e. The van der Waals surface area contributed by atoms with Gasteiger partial charge in [-0.15, -0.1) is 0 Å². The fraction of sp³-hybridized carbons (Fsp3) is 0.300. The molecule has 2 aromatic rings. The number of carbonyl (C=O) groups is 2. The van der Waals surface area contributed by atoms with E-state index in [1.807, 2.05) is 25.1 Å². The van der Waals surface area contributed by atoms with Crippen LogP contribution in [0.1, 0.15) is 30.1 Å². The summed E-state index contributed by atoms with van der Waals surface area (Å²) in [5, 5.41) is 5.63. The predicted octanol–water partition coefficient (Wildman–Crippen LogP) is 3.24. The molecule has 0 aromatic heterocycles. The number of benzene rings is 2. The number of para-hydroxylation sites is 3. The second kappa shape index (κ2) is 10.1. The summed E-state index contributed by atoms with van der Waals surface area (Å²) in [6.07, 6.45) is 0.828. The molecular formula is C20H24N2O4. The molecule has 0 radical (unpaired) electrons. The average molecular weight is 356 g/mol.